The lowest BCUT2D eigenvalue weighted by molar-refractivity contribution is -0.144. The Bertz CT molecular complexity index is 1260. The molecule has 3 aromatic carbocycles. The van der Waals surface area contributed by atoms with E-state index in [2.05, 4.69) is 41.7 Å². The normalized spacial score (nSPS) is 19.0. The minimum absolute atomic E-state index is 0.0629. The van der Waals surface area contributed by atoms with E-state index in [4.69, 9.17) is 5.73 Å². The molecule has 2 aliphatic heterocycles. The smallest absolute Gasteiger partial charge is 0.317 e. The predicted octanol–water partition coefficient (Wildman–Crippen LogP) is 5.49. The van der Waals surface area contributed by atoms with Crippen LogP contribution in [0.5, 0.6) is 0 Å². The molecular weight excluding hydrogens is 460 g/mol. The summed E-state index contributed by atoms with van der Waals surface area (Å²) in [5.41, 5.74) is 10.3. The number of nitrogens with two attached hydrogens (primary N) is 1. The summed E-state index contributed by atoms with van der Waals surface area (Å²) >= 11 is 0. The Kier molecular flexibility index (Phi) is 6.54. The first-order chi connectivity index (χ1) is 17.7. The van der Waals surface area contributed by atoms with Crippen molar-refractivity contribution in [2.24, 2.45) is 11.1 Å². The van der Waals surface area contributed by atoms with Crippen LogP contribution in [0.25, 0.3) is 11.1 Å². The molecule has 6 heteroatoms. The molecule has 5 rings (SSSR count). The Labute approximate surface area is 219 Å². The molecule has 6 nitrogen and oxygen atoms in total. The zero-order chi connectivity index (χ0) is 26.2. The summed E-state index contributed by atoms with van der Waals surface area (Å²) in [6, 6.07) is 26.7. The van der Waals surface area contributed by atoms with Gasteiger partial charge in [0.25, 0.3) is 0 Å². The van der Waals surface area contributed by atoms with E-state index in [0.717, 1.165) is 22.4 Å². The van der Waals surface area contributed by atoms with Crippen molar-refractivity contribution >= 4 is 17.6 Å². The molecule has 37 heavy (non-hydrogen) atoms. The number of hydrogen-bond donors (Lipinski definition) is 2. The third kappa shape index (κ3) is 4.74. The van der Waals surface area contributed by atoms with Gasteiger partial charge in [0.2, 0.25) is 5.91 Å². The number of benzene rings is 3. The minimum Gasteiger partial charge on any atom is -0.333 e. The molecule has 2 heterocycles. The number of urea groups is 1. The Morgan fingerprint density at radius 2 is 1.51 bits per heavy atom. The second-order valence-electron chi connectivity index (χ2n) is 11.3. The van der Waals surface area contributed by atoms with Gasteiger partial charge in [-0.2, -0.15) is 0 Å². The summed E-state index contributed by atoms with van der Waals surface area (Å²) in [5.74, 6) is 0.140. The van der Waals surface area contributed by atoms with E-state index in [1.54, 1.807) is 0 Å². The Morgan fingerprint density at radius 1 is 0.919 bits per heavy atom. The maximum atomic E-state index is 13.9. The Hall–Kier alpha value is -3.64. The van der Waals surface area contributed by atoms with E-state index in [1.807, 2.05) is 73.0 Å². The number of carbonyl (C=O) groups is 2. The van der Waals surface area contributed by atoms with E-state index in [-0.39, 0.29) is 23.5 Å². The molecule has 0 bridgehead atoms. The number of piperidine rings is 1. The fraction of sp³-hybridized carbons (Fsp3) is 0.355. The van der Waals surface area contributed by atoms with Gasteiger partial charge in [0.05, 0.1) is 11.5 Å². The molecule has 3 N–H and O–H groups in total. The van der Waals surface area contributed by atoms with Crippen LogP contribution in [0.1, 0.15) is 50.8 Å². The zero-order valence-electron chi connectivity index (χ0n) is 21.9. The van der Waals surface area contributed by atoms with Gasteiger partial charge in [0.15, 0.2) is 0 Å². The summed E-state index contributed by atoms with van der Waals surface area (Å²) in [4.78, 5) is 30.4. The number of anilines is 1. The standard InChI is InChI=1S/C31H36N4O2/c1-30(2,3)33-29(37)34-19-17-31(18-20-34)27(35(28(31)36)26-15-9-22(21-32)10-16-26)25-13-11-24(12-14-25)23-7-5-4-6-8-23/h4-16,27H,17-21,32H2,1-3H3,(H,33,37). The van der Waals surface area contributed by atoms with Crippen LogP contribution in [0, 0.1) is 5.41 Å². The monoisotopic (exact) mass is 496 g/mol. The van der Waals surface area contributed by atoms with Crippen molar-refractivity contribution in [3.63, 3.8) is 0 Å². The molecule has 0 aromatic heterocycles. The van der Waals surface area contributed by atoms with Crippen LogP contribution < -0.4 is 16.0 Å². The van der Waals surface area contributed by atoms with E-state index in [1.165, 1.54) is 5.56 Å². The lowest BCUT2D eigenvalue weighted by Gasteiger charge is -2.59. The minimum atomic E-state index is -0.515. The van der Waals surface area contributed by atoms with Gasteiger partial charge in [-0.3, -0.25) is 4.79 Å². The first-order valence-corrected chi connectivity index (χ1v) is 13.1. The highest BCUT2D eigenvalue weighted by atomic mass is 16.2. The maximum Gasteiger partial charge on any atom is 0.317 e. The van der Waals surface area contributed by atoms with Gasteiger partial charge in [-0.15, -0.1) is 0 Å². The first kappa shape index (κ1) is 25.0. The lowest BCUT2D eigenvalue weighted by Crippen LogP contribution is -2.67. The van der Waals surface area contributed by atoms with Crippen molar-refractivity contribution in [3.05, 3.63) is 90.0 Å². The molecule has 1 unspecified atom stereocenters. The van der Waals surface area contributed by atoms with Crippen LogP contribution in [0.15, 0.2) is 78.9 Å². The third-order valence-corrected chi connectivity index (χ3v) is 7.63. The van der Waals surface area contributed by atoms with Crippen molar-refractivity contribution in [1.29, 1.82) is 0 Å². The average Bonchev–Trinajstić information content (AvgIpc) is 2.91. The molecule has 2 aliphatic rings. The van der Waals surface area contributed by atoms with Gasteiger partial charge in [-0.25, -0.2) is 4.79 Å². The maximum absolute atomic E-state index is 13.9. The van der Waals surface area contributed by atoms with Crippen LogP contribution in [-0.2, 0) is 11.3 Å². The van der Waals surface area contributed by atoms with Gasteiger partial charge < -0.3 is 20.9 Å². The van der Waals surface area contributed by atoms with Crippen LogP contribution in [-0.4, -0.2) is 35.5 Å². The van der Waals surface area contributed by atoms with E-state index < -0.39 is 5.41 Å². The predicted molar refractivity (Wildman–Crippen MR) is 148 cm³/mol. The number of β-lactam (4-membered cyclic amide) rings is 1. The van der Waals surface area contributed by atoms with Crippen LogP contribution >= 0.6 is 0 Å². The molecule has 0 saturated carbocycles. The van der Waals surface area contributed by atoms with Gasteiger partial charge in [0, 0.05) is 30.9 Å². The number of nitrogens with zero attached hydrogens (tertiary/aromatic N) is 2. The number of amides is 3. The molecule has 0 radical (unpaired) electrons. The summed E-state index contributed by atoms with van der Waals surface area (Å²) in [7, 11) is 0. The zero-order valence-corrected chi connectivity index (χ0v) is 21.9. The lowest BCUT2D eigenvalue weighted by atomic mass is 9.62. The van der Waals surface area contributed by atoms with E-state index >= 15 is 0 Å². The highest BCUT2D eigenvalue weighted by Gasteiger charge is 2.62. The fourth-order valence-electron chi connectivity index (χ4n) is 5.67. The molecule has 192 valence electrons. The Morgan fingerprint density at radius 3 is 2.08 bits per heavy atom. The first-order valence-electron chi connectivity index (χ1n) is 13.1. The molecule has 1 spiro atoms. The summed E-state index contributed by atoms with van der Waals surface area (Å²) < 4.78 is 0. The van der Waals surface area contributed by atoms with Crippen molar-refractivity contribution in [2.75, 3.05) is 18.0 Å². The number of nitrogens with one attached hydrogen (secondary N) is 1. The van der Waals surface area contributed by atoms with Crippen LogP contribution in [0.3, 0.4) is 0 Å². The van der Waals surface area contributed by atoms with Gasteiger partial charge in [0.1, 0.15) is 0 Å². The number of rotatable bonds is 4. The summed E-state index contributed by atoms with van der Waals surface area (Å²) in [6.07, 6.45) is 1.29. The van der Waals surface area contributed by atoms with Crippen LogP contribution in [0.2, 0.25) is 0 Å². The number of carbonyl (C=O) groups excluding carboxylic acids is 2. The van der Waals surface area contributed by atoms with Crippen LogP contribution in [0.4, 0.5) is 10.5 Å². The number of hydrogen-bond acceptors (Lipinski definition) is 3. The Balaban J connectivity index is 1.44. The van der Waals surface area contributed by atoms with Crippen molar-refractivity contribution in [3.8, 4) is 11.1 Å². The molecule has 3 aromatic rings. The van der Waals surface area contributed by atoms with Gasteiger partial charge in [-0.05, 0) is 68.0 Å². The van der Waals surface area contributed by atoms with Crippen molar-refractivity contribution in [1.82, 2.24) is 10.2 Å². The average molecular weight is 497 g/mol. The molecule has 0 aliphatic carbocycles. The largest absolute Gasteiger partial charge is 0.333 e. The molecule has 1 atom stereocenters. The quantitative estimate of drug-likeness (QED) is 0.469. The SMILES string of the molecule is CC(C)(C)NC(=O)N1CCC2(CC1)C(=O)N(c1ccc(CN)cc1)C2c1ccc(-c2ccccc2)cc1. The summed E-state index contributed by atoms with van der Waals surface area (Å²) in [5, 5.41) is 3.05. The topological polar surface area (TPSA) is 78.7 Å². The second kappa shape index (κ2) is 9.67. The van der Waals surface area contributed by atoms with Gasteiger partial charge in [-0.1, -0.05) is 66.7 Å². The summed E-state index contributed by atoms with van der Waals surface area (Å²) in [6.45, 7) is 7.53. The van der Waals surface area contributed by atoms with E-state index in [9.17, 15) is 9.59 Å². The molecule has 3 amide bonds. The highest BCUT2D eigenvalue weighted by Crippen LogP contribution is 2.57. The molecule has 2 saturated heterocycles. The third-order valence-electron chi connectivity index (χ3n) is 7.63. The second-order valence-corrected chi connectivity index (χ2v) is 11.3. The number of likely N-dealkylation sites (tertiary alicyclic amines) is 1. The fourth-order valence-corrected chi connectivity index (χ4v) is 5.67. The molecular formula is C31H36N4O2. The highest BCUT2D eigenvalue weighted by molar-refractivity contribution is 6.06. The van der Waals surface area contributed by atoms with Crippen molar-refractivity contribution in [2.45, 2.75) is 51.7 Å². The molecule has 2 fully saturated rings. The van der Waals surface area contributed by atoms with Gasteiger partial charge >= 0.3 is 6.03 Å². The van der Waals surface area contributed by atoms with Crippen molar-refractivity contribution < 1.29 is 9.59 Å². The van der Waals surface area contributed by atoms with E-state index in [0.29, 0.717) is 32.5 Å².